The van der Waals surface area contributed by atoms with Crippen LogP contribution in [0, 0.1) is 5.92 Å². The molecule has 2 unspecified atom stereocenters. The first-order chi connectivity index (χ1) is 10.5. The van der Waals surface area contributed by atoms with Crippen LogP contribution in [-0.4, -0.2) is 29.1 Å². The predicted octanol–water partition coefficient (Wildman–Crippen LogP) is 5.01. The SMILES string of the molecule is CCC/C(=N\OCC)C1=C(C)CC(CC(C)SCC)CC1=O. The Kier molecular flexibility index (Phi) is 8.84. The maximum Gasteiger partial charge on any atom is 0.165 e. The summed E-state index contributed by atoms with van der Waals surface area (Å²) in [7, 11) is 0. The Bertz CT molecular complexity index is 429. The van der Waals surface area contributed by atoms with Gasteiger partial charge in [0, 0.05) is 17.2 Å². The molecule has 0 aromatic carbocycles. The number of hydrogen-bond donors (Lipinski definition) is 0. The van der Waals surface area contributed by atoms with Crippen LogP contribution in [0.15, 0.2) is 16.3 Å². The van der Waals surface area contributed by atoms with Crippen molar-refractivity contribution in [1.29, 1.82) is 0 Å². The lowest BCUT2D eigenvalue weighted by molar-refractivity contribution is -0.116. The minimum atomic E-state index is 0.259. The van der Waals surface area contributed by atoms with Gasteiger partial charge < -0.3 is 4.84 Å². The second-order valence-electron chi connectivity index (χ2n) is 6.06. The second-order valence-corrected chi connectivity index (χ2v) is 7.78. The summed E-state index contributed by atoms with van der Waals surface area (Å²) in [6.45, 7) is 11.1. The van der Waals surface area contributed by atoms with E-state index in [2.05, 4.69) is 32.9 Å². The molecule has 0 saturated heterocycles. The standard InChI is InChI=1S/C18H31NO2S/c1-6-9-16(19-21-7-2)18-13(4)10-15(12-17(18)20)11-14(5)22-8-3/h14-15H,6-12H2,1-5H3/b19-16+. The second kappa shape index (κ2) is 10.1. The number of Topliss-reactive ketones (excluding diaryl/α,β-unsaturated/α-hetero) is 1. The van der Waals surface area contributed by atoms with E-state index in [1.807, 2.05) is 18.7 Å². The van der Waals surface area contributed by atoms with Crippen molar-refractivity contribution >= 4 is 23.3 Å². The minimum Gasteiger partial charge on any atom is -0.396 e. The molecule has 0 spiro atoms. The smallest absolute Gasteiger partial charge is 0.165 e. The van der Waals surface area contributed by atoms with Crippen LogP contribution in [0.2, 0.25) is 0 Å². The Hall–Kier alpha value is -0.770. The lowest BCUT2D eigenvalue weighted by Gasteiger charge is -2.27. The molecular formula is C18H31NO2S. The summed E-state index contributed by atoms with van der Waals surface area (Å²) in [4.78, 5) is 17.9. The molecular weight excluding hydrogens is 294 g/mol. The van der Waals surface area contributed by atoms with Crippen LogP contribution in [0.3, 0.4) is 0 Å². The number of carbonyl (C=O) groups is 1. The zero-order valence-electron chi connectivity index (χ0n) is 14.8. The van der Waals surface area contributed by atoms with Crippen LogP contribution >= 0.6 is 11.8 Å². The third-order valence-corrected chi connectivity index (χ3v) is 5.07. The first-order valence-electron chi connectivity index (χ1n) is 8.57. The van der Waals surface area contributed by atoms with Crippen molar-refractivity contribution in [3.05, 3.63) is 11.1 Å². The van der Waals surface area contributed by atoms with Crippen molar-refractivity contribution in [2.75, 3.05) is 12.4 Å². The normalized spacial score (nSPS) is 21.2. The van der Waals surface area contributed by atoms with Crippen molar-refractivity contribution < 1.29 is 9.63 Å². The molecule has 1 aliphatic carbocycles. The van der Waals surface area contributed by atoms with Gasteiger partial charge in [-0.3, -0.25) is 4.79 Å². The maximum absolute atomic E-state index is 12.6. The zero-order valence-corrected chi connectivity index (χ0v) is 15.6. The van der Waals surface area contributed by atoms with Crippen molar-refractivity contribution in [1.82, 2.24) is 0 Å². The van der Waals surface area contributed by atoms with Gasteiger partial charge in [0.25, 0.3) is 0 Å². The van der Waals surface area contributed by atoms with Crippen LogP contribution in [0.25, 0.3) is 0 Å². The van der Waals surface area contributed by atoms with E-state index in [-0.39, 0.29) is 5.78 Å². The molecule has 0 aliphatic heterocycles. The van der Waals surface area contributed by atoms with E-state index in [9.17, 15) is 4.79 Å². The summed E-state index contributed by atoms with van der Waals surface area (Å²) in [5.74, 6) is 1.89. The Morgan fingerprint density at radius 3 is 2.64 bits per heavy atom. The average Bonchev–Trinajstić information content (AvgIpc) is 2.44. The van der Waals surface area contributed by atoms with Gasteiger partial charge >= 0.3 is 0 Å². The summed E-state index contributed by atoms with van der Waals surface area (Å²) in [6.07, 6.45) is 4.59. The average molecular weight is 326 g/mol. The molecule has 1 rings (SSSR count). The lowest BCUT2D eigenvalue weighted by Crippen LogP contribution is -2.25. The van der Waals surface area contributed by atoms with E-state index in [4.69, 9.17) is 4.84 Å². The van der Waals surface area contributed by atoms with Crippen LogP contribution in [-0.2, 0) is 9.63 Å². The van der Waals surface area contributed by atoms with Gasteiger partial charge in [0.2, 0.25) is 0 Å². The summed E-state index contributed by atoms with van der Waals surface area (Å²) in [5, 5.41) is 4.83. The molecule has 0 radical (unpaired) electrons. The molecule has 0 aromatic rings. The fraction of sp³-hybridized carbons (Fsp3) is 0.778. The molecule has 0 amide bonds. The highest BCUT2D eigenvalue weighted by atomic mass is 32.2. The first kappa shape index (κ1) is 19.3. The number of nitrogens with zero attached hydrogens (tertiary/aromatic N) is 1. The number of rotatable bonds is 9. The van der Waals surface area contributed by atoms with Crippen molar-refractivity contribution in [3.63, 3.8) is 0 Å². The van der Waals surface area contributed by atoms with E-state index in [0.717, 1.165) is 42.7 Å². The van der Waals surface area contributed by atoms with Crippen molar-refractivity contribution in [3.8, 4) is 0 Å². The van der Waals surface area contributed by atoms with E-state index in [1.54, 1.807) is 0 Å². The van der Waals surface area contributed by atoms with E-state index < -0.39 is 0 Å². The number of ketones is 1. The van der Waals surface area contributed by atoms with Gasteiger partial charge in [-0.2, -0.15) is 11.8 Å². The number of allylic oxidation sites excluding steroid dienone is 2. The molecule has 0 bridgehead atoms. The molecule has 1 aliphatic rings. The number of oxime groups is 1. The molecule has 3 nitrogen and oxygen atoms in total. The van der Waals surface area contributed by atoms with E-state index >= 15 is 0 Å². The molecule has 2 atom stereocenters. The van der Waals surface area contributed by atoms with Crippen LogP contribution in [0.5, 0.6) is 0 Å². The molecule has 126 valence electrons. The Labute approximate surface area is 139 Å². The third-order valence-electron chi connectivity index (χ3n) is 3.97. The molecule has 0 N–H and O–H groups in total. The Balaban J connectivity index is 2.85. The predicted molar refractivity (Wildman–Crippen MR) is 96.6 cm³/mol. The highest BCUT2D eigenvalue weighted by Gasteiger charge is 2.29. The van der Waals surface area contributed by atoms with E-state index in [0.29, 0.717) is 24.2 Å². The fourth-order valence-corrected chi connectivity index (χ4v) is 4.18. The quantitative estimate of drug-likeness (QED) is 0.442. The summed E-state index contributed by atoms with van der Waals surface area (Å²) in [5.41, 5.74) is 2.89. The summed E-state index contributed by atoms with van der Waals surface area (Å²) >= 11 is 1.98. The lowest BCUT2D eigenvalue weighted by atomic mass is 9.79. The molecule has 22 heavy (non-hydrogen) atoms. The summed E-state index contributed by atoms with van der Waals surface area (Å²) in [6, 6.07) is 0. The van der Waals surface area contributed by atoms with Crippen molar-refractivity contribution in [2.24, 2.45) is 11.1 Å². The van der Waals surface area contributed by atoms with Crippen LogP contribution in [0.1, 0.15) is 66.7 Å². The Morgan fingerprint density at radius 2 is 2.09 bits per heavy atom. The zero-order chi connectivity index (χ0) is 16.5. The van der Waals surface area contributed by atoms with Gasteiger partial charge in [0.05, 0.1) is 5.71 Å². The number of carbonyl (C=O) groups excluding carboxylic acids is 1. The molecule has 0 fully saturated rings. The van der Waals surface area contributed by atoms with Crippen LogP contribution < -0.4 is 0 Å². The maximum atomic E-state index is 12.6. The highest BCUT2D eigenvalue weighted by Crippen LogP contribution is 2.33. The third kappa shape index (κ3) is 5.79. The minimum absolute atomic E-state index is 0.259. The summed E-state index contributed by atoms with van der Waals surface area (Å²) < 4.78 is 0. The van der Waals surface area contributed by atoms with Gasteiger partial charge in [0.15, 0.2) is 5.78 Å². The first-order valence-corrected chi connectivity index (χ1v) is 9.61. The topological polar surface area (TPSA) is 38.7 Å². The fourth-order valence-electron chi connectivity index (χ4n) is 3.20. The van der Waals surface area contributed by atoms with Crippen molar-refractivity contribution in [2.45, 2.75) is 72.0 Å². The molecule has 0 aromatic heterocycles. The van der Waals surface area contributed by atoms with Gasteiger partial charge in [-0.15, -0.1) is 0 Å². The molecule has 0 heterocycles. The van der Waals surface area contributed by atoms with Gasteiger partial charge in [-0.25, -0.2) is 0 Å². The molecule has 0 saturated carbocycles. The Morgan fingerprint density at radius 1 is 1.36 bits per heavy atom. The van der Waals surface area contributed by atoms with E-state index in [1.165, 1.54) is 5.57 Å². The number of hydrogen-bond acceptors (Lipinski definition) is 4. The van der Waals surface area contributed by atoms with Crippen LogP contribution in [0.4, 0.5) is 0 Å². The highest BCUT2D eigenvalue weighted by molar-refractivity contribution is 7.99. The van der Waals surface area contributed by atoms with Gasteiger partial charge in [0.1, 0.15) is 6.61 Å². The van der Waals surface area contributed by atoms with Gasteiger partial charge in [-0.1, -0.05) is 37.9 Å². The largest absolute Gasteiger partial charge is 0.396 e. The number of thioether (sulfide) groups is 1. The van der Waals surface area contributed by atoms with Gasteiger partial charge in [-0.05, 0) is 44.8 Å². The monoisotopic (exact) mass is 325 g/mol. The molecule has 4 heteroatoms.